The molecule has 0 radical (unpaired) electrons. The molecule has 3 aromatic heterocycles. The number of anilines is 1. The minimum Gasteiger partial charge on any atom is -0.361 e. The van der Waals surface area contributed by atoms with Crippen LogP contribution in [0.1, 0.15) is 25.5 Å². The first kappa shape index (κ1) is 16.6. The third-order valence-corrected chi connectivity index (χ3v) is 4.77. The van der Waals surface area contributed by atoms with E-state index < -0.39 is 0 Å². The van der Waals surface area contributed by atoms with Crippen LogP contribution in [0.15, 0.2) is 47.7 Å². The highest BCUT2D eigenvalue weighted by atomic mass is 35.5. The summed E-state index contributed by atoms with van der Waals surface area (Å²) in [5, 5.41) is 4.84. The van der Waals surface area contributed by atoms with Crippen LogP contribution < -0.4 is 10.9 Å². The van der Waals surface area contributed by atoms with Crippen LogP contribution in [0.5, 0.6) is 0 Å². The van der Waals surface area contributed by atoms with Crippen molar-refractivity contribution in [2.75, 3.05) is 5.32 Å². The molecule has 0 amide bonds. The van der Waals surface area contributed by atoms with Gasteiger partial charge in [0.2, 0.25) is 0 Å². The number of aryl methyl sites for hydroxylation is 1. The van der Waals surface area contributed by atoms with Crippen LogP contribution >= 0.6 is 11.6 Å². The van der Waals surface area contributed by atoms with Gasteiger partial charge in [-0.15, -0.1) is 0 Å². The van der Waals surface area contributed by atoms with Gasteiger partial charge < -0.3 is 14.9 Å². The lowest BCUT2D eigenvalue weighted by molar-refractivity contribution is 0.787. The van der Waals surface area contributed by atoms with Crippen molar-refractivity contribution in [3.05, 3.63) is 63.8 Å². The molecular weight excluding hydrogens is 350 g/mol. The summed E-state index contributed by atoms with van der Waals surface area (Å²) in [6.45, 7) is 4.83. The number of halogens is 1. The van der Waals surface area contributed by atoms with E-state index in [-0.39, 0.29) is 11.6 Å². The van der Waals surface area contributed by atoms with Crippen LogP contribution in [0.4, 0.5) is 5.82 Å². The number of aromatic amines is 1. The van der Waals surface area contributed by atoms with Gasteiger partial charge in [0.25, 0.3) is 5.56 Å². The summed E-state index contributed by atoms with van der Waals surface area (Å²) >= 11 is 6.07. The monoisotopic (exact) mass is 367 g/mol. The molecule has 0 saturated heterocycles. The Balaban J connectivity index is 1.74. The number of nitrogens with one attached hydrogen (secondary N) is 2. The van der Waals surface area contributed by atoms with Gasteiger partial charge in [-0.1, -0.05) is 11.6 Å². The molecule has 1 atom stereocenters. The van der Waals surface area contributed by atoms with Gasteiger partial charge in [-0.3, -0.25) is 4.79 Å². The normalized spacial score (nSPS) is 12.6. The van der Waals surface area contributed by atoms with Crippen LogP contribution in [0, 0.1) is 0 Å². The Kier molecular flexibility index (Phi) is 4.12. The Hall–Kier alpha value is -2.86. The van der Waals surface area contributed by atoms with Crippen molar-refractivity contribution in [2.45, 2.75) is 26.4 Å². The zero-order chi connectivity index (χ0) is 18.3. The zero-order valence-corrected chi connectivity index (χ0v) is 15.2. The predicted molar refractivity (Wildman–Crippen MR) is 105 cm³/mol. The molecule has 0 spiro atoms. The van der Waals surface area contributed by atoms with Crippen molar-refractivity contribution in [1.29, 1.82) is 0 Å². The number of aromatic nitrogens is 4. The number of nitrogens with zero attached hydrogens (tertiary/aromatic N) is 3. The molecule has 4 aromatic rings. The molecule has 0 saturated carbocycles. The van der Waals surface area contributed by atoms with E-state index in [1.54, 1.807) is 24.7 Å². The largest absolute Gasteiger partial charge is 0.361 e. The minimum atomic E-state index is -0.244. The first-order valence-electron chi connectivity index (χ1n) is 8.45. The molecule has 26 heavy (non-hydrogen) atoms. The number of hydrogen-bond acceptors (Lipinski definition) is 4. The first-order valence-corrected chi connectivity index (χ1v) is 8.83. The summed E-state index contributed by atoms with van der Waals surface area (Å²) in [6, 6.07) is 8.96. The number of imidazole rings is 1. The second-order valence-electron chi connectivity index (χ2n) is 6.21. The average Bonchev–Trinajstić information content (AvgIpc) is 3.05. The van der Waals surface area contributed by atoms with Crippen molar-refractivity contribution in [1.82, 2.24) is 19.5 Å². The van der Waals surface area contributed by atoms with Gasteiger partial charge in [-0.05, 0) is 44.2 Å². The summed E-state index contributed by atoms with van der Waals surface area (Å²) in [5.74, 6) is 0.660. The molecule has 2 N–H and O–H groups in total. The van der Waals surface area contributed by atoms with Gasteiger partial charge in [-0.25, -0.2) is 9.97 Å². The Morgan fingerprint density at radius 2 is 2.12 bits per heavy atom. The number of fused-ring (bicyclic) bond motifs is 2. The van der Waals surface area contributed by atoms with E-state index in [4.69, 9.17) is 11.6 Å². The second-order valence-corrected chi connectivity index (χ2v) is 6.65. The van der Waals surface area contributed by atoms with Crippen molar-refractivity contribution < 1.29 is 0 Å². The van der Waals surface area contributed by atoms with Crippen molar-refractivity contribution >= 4 is 39.4 Å². The van der Waals surface area contributed by atoms with E-state index in [0.29, 0.717) is 16.4 Å². The Labute approximate surface area is 154 Å². The number of pyridine rings is 2. The van der Waals surface area contributed by atoms with E-state index in [0.717, 1.165) is 28.5 Å². The molecule has 1 aromatic carbocycles. The van der Waals surface area contributed by atoms with Crippen LogP contribution in [-0.2, 0) is 6.54 Å². The standard InChI is InChI=1S/C19H18ClN5O/c1-3-25-10-22-17-16(25)6-7-21-18(17)23-11(2)14-9-12-8-13(20)4-5-15(12)24-19(14)26/h4-11H,3H2,1-2H3,(H,21,23)(H,24,26)/t11-/m0/s1. The average molecular weight is 368 g/mol. The SMILES string of the molecule is CCn1cnc2c(N[C@@H](C)c3cc4cc(Cl)ccc4[nH]c3=O)nccc21. The third kappa shape index (κ3) is 2.82. The lowest BCUT2D eigenvalue weighted by atomic mass is 10.1. The van der Waals surface area contributed by atoms with E-state index in [1.165, 1.54) is 0 Å². The van der Waals surface area contributed by atoms with Crippen molar-refractivity contribution in [3.63, 3.8) is 0 Å². The van der Waals surface area contributed by atoms with Crippen LogP contribution in [0.25, 0.3) is 21.9 Å². The van der Waals surface area contributed by atoms with Gasteiger partial charge in [0.05, 0.1) is 17.9 Å². The fraction of sp³-hybridized carbons (Fsp3) is 0.211. The predicted octanol–water partition coefficient (Wildman–Crippen LogP) is 4.12. The van der Waals surface area contributed by atoms with Gasteiger partial charge in [0.15, 0.2) is 5.82 Å². The van der Waals surface area contributed by atoms with E-state index in [9.17, 15) is 4.79 Å². The highest BCUT2D eigenvalue weighted by molar-refractivity contribution is 6.31. The number of H-pyrrole nitrogens is 1. The quantitative estimate of drug-likeness (QED) is 0.569. The molecule has 0 aliphatic carbocycles. The lowest BCUT2D eigenvalue weighted by Crippen LogP contribution is -2.20. The van der Waals surface area contributed by atoms with E-state index >= 15 is 0 Å². The molecule has 0 aliphatic rings. The molecule has 0 unspecified atom stereocenters. The second kappa shape index (κ2) is 6.46. The molecular formula is C19H18ClN5O. The highest BCUT2D eigenvalue weighted by Crippen LogP contribution is 2.25. The Morgan fingerprint density at radius 1 is 1.27 bits per heavy atom. The molecule has 3 heterocycles. The zero-order valence-electron chi connectivity index (χ0n) is 14.5. The highest BCUT2D eigenvalue weighted by Gasteiger charge is 2.15. The molecule has 0 aliphatic heterocycles. The fourth-order valence-corrected chi connectivity index (χ4v) is 3.33. The minimum absolute atomic E-state index is 0.133. The maximum atomic E-state index is 12.5. The Morgan fingerprint density at radius 3 is 2.92 bits per heavy atom. The van der Waals surface area contributed by atoms with Crippen molar-refractivity contribution in [2.24, 2.45) is 0 Å². The molecule has 0 bridgehead atoms. The summed E-state index contributed by atoms with van der Waals surface area (Å²) in [6.07, 6.45) is 3.54. The van der Waals surface area contributed by atoms with E-state index in [1.807, 2.05) is 25.1 Å². The van der Waals surface area contributed by atoms with Gasteiger partial charge in [-0.2, -0.15) is 0 Å². The maximum absolute atomic E-state index is 12.5. The van der Waals surface area contributed by atoms with Gasteiger partial charge >= 0.3 is 0 Å². The Bertz CT molecular complexity index is 1160. The smallest absolute Gasteiger partial charge is 0.253 e. The first-order chi connectivity index (χ1) is 12.6. The van der Waals surface area contributed by atoms with Crippen molar-refractivity contribution in [3.8, 4) is 0 Å². The maximum Gasteiger partial charge on any atom is 0.253 e. The van der Waals surface area contributed by atoms with Crippen LogP contribution in [0.2, 0.25) is 5.02 Å². The van der Waals surface area contributed by atoms with Crippen LogP contribution in [0.3, 0.4) is 0 Å². The molecule has 4 rings (SSSR count). The molecule has 132 valence electrons. The summed E-state index contributed by atoms with van der Waals surface area (Å²) < 4.78 is 2.05. The lowest BCUT2D eigenvalue weighted by Gasteiger charge is -2.15. The topological polar surface area (TPSA) is 75.6 Å². The fourth-order valence-electron chi connectivity index (χ4n) is 3.15. The summed E-state index contributed by atoms with van der Waals surface area (Å²) in [4.78, 5) is 24.3. The number of benzene rings is 1. The van der Waals surface area contributed by atoms with E-state index in [2.05, 4.69) is 31.8 Å². The third-order valence-electron chi connectivity index (χ3n) is 4.53. The van der Waals surface area contributed by atoms with Crippen LogP contribution in [-0.4, -0.2) is 19.5 Å². The molecule has 6 nitrogen and oxygen atoms in total. The van der Waals surface area contributed by atoms with Gasteiger partial charge in [0.1, 0.15) is 5.52 Å². The summed E-state index contributed by atoms with van der Waals surface area (Å²) in [5.41, 5.74) is 3.05. The number of rotatable bonds is 4. The molecule has 0 fully saturated rings. The number of hydrogen-bond donors (Lipinski definition) is 2. The molecule has 7 heteroatoms. The summed E-state index contributed by atoms with van der Waals surface area (Å²) in [7, 11) is 0. The van der Waals surface area contributed by atoms with Gasteiger partial charge in [0, 0.05) is 34.2 Å².